The molecule has 3 heterocycles. The Kier molecular flexibility index (Phi) is 4.39. The third-order valence-electron chi connectivity index (χ3n) is 4.67. The summed E-state index contributed by atoms with van der Waals surface area (Å²) in [5.74, 6) is 1.59. The van der Waals surface area contributed by atoms with E-state index < -0.39 is 0 Å². The van der Waals surface area contributed by atoms with Gasteiger partial charge in [-0.2, -0.15) is 4.98 Å². The van der Waals surface area contributed by atoms with Gasteiger partial charge in [-0.15, -0.1) is 0 Å². The maximum atomic E-state index is 12.8. The number of carbonyl (C=O) groups is 1. The molecule has 2 aliphatic rings. The predicted molar refractivity (Wildman–Crippen MR) is 91.8 cm³/mol. The van der Waals surface area contributed by atoms with Crippen LogP contribution in [0.15, 0.2) is 16.7 Å². The van der Waals surface area contributed by atoms with Crippen LogP contribution in [0.4, 0.5) is 0 Å². The van der Waals surface area contributed by atoms with Gasteiger partial charge in [0.2, 0.25) is 5.89 Å². The Morgan fingerprint density at radius 3 is 2.76 bits per heavy atom. The van der Waals surface area contributed by atoms with Crippen LogP contribution < -0.4 is 0 Å². The zero-order valence-electron chi connectivity index (χ0n) is 13.7. The Morgan fingerprint density at radius 1 is 1.24 bits per heavy atom. The van der Waals surface area contributed by atoms with Crippen LogP contribution in [0, 0.1) is 0 Å². The number of likely N-dealkylation sites (N-methyl/N-ethyl adjacent to an activating group) is 1. The van der Waals surface area contributed by atoms with Crippen LogP contribution in [-0.2, 0) is 0 Å². The highest BCUT2D eigenvalue weighted by molar-refractivity contribution is 6.34. The third-order valence-corrected chi connectivity index (χ3v) is 5.16. The molecule has 7 nitrogen and oxygen atoms in total. The van der Waals surface area contributed by atoms with E-state index in [2.05, 4.69) is 20.0 Å². The molecule has 1 aliphatic carbocycles. The predicted octanol–water partition coefficient (Wildman–Crippen LogP) is 2.78. The molecule has 0 bridgehead atoms. The lowest BCUT2D eigenvalue weighted by atomic mass is 10.1. The second kappa shape index (κ2) is 6.55. The van der Waals surface area contributed by atoms with Gasteiger partial charge in [-0.05, 0) is 32.0 Å². The van der Waals surface area contributed by atoms with Crippen molar-refractivity contribution in [2.75, 3.05) is 26.7 Å². The molecule has 0 spiro atoms. The first-order chi connectivity index (χ1) is 12.0. The Hall–Kier alpha value is -1.70. The van der Waals surface area contributed by atoms with Gasteiger partial charge in [-0.3, -0.25) is 9.69 Å². The number of halogens is 2. The number of nitrogens with zero attached hydrogens (tertiary/aromatic N) is 5. The zero-order valence-corrected chi connectivity index (χ0v) is 15.2. The third kappa shape index (κ3) is 3.36. The summed E-state index contributed by atoms with van der Waals surface area (Å²) in [6.45, 7) is 1.76. The van der Waals surface area contributed by atoms with E-state index in [0.29, 0.717) is 37.0 Å². The summed E-state index contributed by atoms with van der Waals surface area (Å²) in [6, 6.07) is 3.04. The molecule has 1 unspecified atom stereocenters. The second-order valence-corrected chi connectivity index (χ2v) is 7.23. The minimum absolute atomic E-state index is 0.113. The number of pyridine rings is 1. The summed E-state index contributed by atoms with van der Waals surface area (Å²) in [6.07, 6.45) is 2.23. The molecule has 0 N–H and O–H groups in total. The number of amides is 1. The fourth-order valence-corrected chi connectivity index (χ4v) is 3.38. The molecule has 1 saturated heterocycles. The quantitative estimate of drug-likeness (QED) is 0.760. The first-order valence-corrected chi connectivity index (χ1v) is 8.93. The Morgan fingerprint density at radius 2 is 2.04 bits per heavy atom. The molecule has 1 amide bonds. The summed E-state index contributed by atoms with van der Waals surface area (Å²) in [7, 11) is 1.99. The van der Waals surface area contributed by atoms with E-state index >= 15 is 0 Å². The van der Waals surface area contributed by atoms with E-state index in [9.17, 15) is 4.79 Å². The highest BCUT2D eigenvalue weighted by atomic mass is 35.5. The summed E-state index contributed by atoms with van der Waals surface area (Å²) < 4.78 is 5.45. The van der Waals surface area contributed by atoms with Crippen molar-refractivity contribution in [1.29, 1.82) is 0 Å². The van der Waals surface area contributed by atoms with Gasteiger partial charge in [0.15, 0.2) is 5.82 Å². The van der Waals surface area contributed by atoms with Crippen molar-refractivity contribution in [1.82, 2.24) is 24.9 Å². The van der Waals surface area contributed by atoms with Gasteiger partial charge in [0, 0.05) is 25.6 Å². The van der Waals surface area contributed by atoms with Gasteiger partial charge in [0.1, 0.15) is 16.3 Å². The topological polar surface area (TPSA) is 75.4 Å². The smallest absolute Gasteiger partial charge is 0.257 e. The molecular weight excluding hydrogens is 365 g/mol. The van der Waals surface area contributed by atoms with Gasteiger partial charge >= 0.3 is 0 Å². The molecule has 132 valence electrons. The summed E-state index contributed by atoms with van der Waals surface area (Å²) in [5, 5.41) is 4.45. The van der Waals surface area contributed by atoms with Crippen molar-refractivity contribution < 1.29 is 9.32 Å². The molecule has 2 aromatic rings. The van der Waals surface area contributed by atoms with Crippen molar-refractivity contribution in [2.24, 2.45) is 0 Å². The molecule has 0 radical (unpaired) electrons. The lowest BCUT2D eigenvalue weighted by molar-refractivity contribution is 0.0489. The number of carbonyl (C=O) groups excluding carboxylic acids is 1. The normalized spacial score (nSPS) is 21.6. The lowest BCUT2D eigenvalue weighted by Crippen LogP contribution is -2.49. The molecule has 25 heavy (non-hydrogen) atoms. The van der Waals surface area contributed by atoms with Crippen LogP contribution in [-0.4, -0.2) is 57.5 Å². The van der Waals surface area contributed by atoms with E-state index in [4.69, 9.17) is 27.7 Å². The van der Waals surface area contributed by atoms with Crippen LogP contribution in [0.2, 0.25) is 10.3 Å². The molecule has 0 aromatic carbocycles. The first kappa shape index (κ1) is 16.8. The largest absolute Gasteiger partial charge is 0.338 e. The highest BCUT2D eigenvalue weighted by Crippen LogP contribution is 2.39. The second-order valence-electron chi connectivity index (χ2n) is 6.49. The lowest BCUT2D eigenvalue weighted by Gasteiger charge is -2.37. The summed E-state index contributed by atoms with van der Waals surface area (Å²) in [5.41, 5.74) is 0.346. The van der Waals surface area contributed by atoms with E-state index in [1.54, 1.807) is 17.0 Å². The number of aromatic nitrogens is 3. The molecule has 1 aliphatic heterocycles. The average Bonchev–Trinajstić information content (AvgIpc) is 3.32. The van der Waals surface area contributed by atoms with E-state index in [0.717, 1.165) is 18.7 Å². The fraction of sp³-hybridized carbons (Fsp3) is 0.500. The van der Waals surface area contributed by atoms with Crippen LogP contribution in [0.1, 0.15) is 46.9 Å². The van der Waals surface area contributed by atoms with Crippen LogP contribution in [0.3, 0.4) is 0 Å². The average molecular weight is 382 g/mol. The van der Waals surface area contributed by atoms with Crippen LogP contribution >= 0.6 is 23.2 Å². The van der Waals surface area contributed by atoms with Gasteiger partial charge in [0.05, 0.1) is 5.56 Å². The number of piperazine rings is 1. The Labute approximate surface area is 154 Å². The Bertz CT molecular complexity index is 808. The van der Waals surface area contributed by atoms with Crippen molar-refractivity contribution in [2.45, 2.75) is 24.8 Å². The molecular formula is C16H17Cl2N5O2. The first-order valence-electron chi connectivity index (χ1n) is 8.18. The summed E-state index contributed by atoms with van der Waals surface area (Å²) >= 11 is 11.9. The van der Waals surface area contributed by atoms with Gasteiger partial charge in [0.25, 0.3) is 5.91 Å². The van der Waals surface area contributed by atoms with Gasteiger partial charge in [-0.1, -0.05) is 28.4 Å². The summed E-state index contributed by atoms with van der Waals surface area (Å²) in [4.78, 5) is 25.1. The van der Waals surface area contributed by atoms with Crippen molar-refractivity contribution in [3.63, 3.8) is 0 Å². The van der Waals surface area contributed by atoms with E-state index in [1.807, 2.05) is 7.05 Å². The van der Waals surface area contributed by atoms with E-state index in [-0.39, 0.29) is 22.3 Å². The maximum absolute atomic E-state index is 12.8. The van der Waals surface area contributed by atoms with Crippen molar-refractivity contribution >= 4 is 29.1 Å². The molecule has 2 fully saturated rings. The zero-order chi connectivity index (χ0) is 17.6. The Balaban J connectivity index is 1.53. The maximum Gasteiger partial charge on any atom is 0.257 e. The number of hydrogen-bond donors (Lipinski definition) is 0. The van der Waals surface area contributed by atoms with Gasteiger partial charge < -0.3 is 9.42 Å². The number of rotatable bonds is 3. The standard InChI is InChI=1S/C16H17Cl2N5O2/c1-22-6-7-23(16(24)10-4-5-12(17)19-13(10)18)8-11(22)15-20-14(21-25-15)9-2-3-9/h4-5,9,11H,2-3,6-8H2,1H3. The highest BCUT2D eigenvalue weighted by Gasteiger charge is 2.35. The molecule has 4 rings (SSSR count). The minimum atomic E-state index is -0.172. The van der Waals surface area contributed by atoms with Crippen LogP contribution in [0.25, 0.3) is 0 Å². The molecule has 1 atom stereocenters. The fourth-order valence-electron chi connectivity index (χ4n) is 2.96. The molecule has 1 saturated carbocycles. The molecule has 9 heteroatoms. The minimum Gasteiger partial charge on any atom is -0.338 e. The van der Waals surface area contributed by atoms with Crippen molar-refractivity contribution in [3.8, 4) is 0 Å². The molecule has 2 aromatic heterocycles. The number of hydrogen-bond acceptors (Lipinski definition) is 6. The monoisotopic (exact) mass is 381 g/mol. The van der Waals surface area contributed by atoms with E-state index in [1.165, 1.54) is 0 Å². The van der Waals surface area contributed by atoms with Crippen LogP contribution in [0.5, 0.6) is 0 Å². The SMILES string of the molecule is CN1CCN(C(=O)c2ccc(Cl)nc2Cl)CC1c1nc(C2CC2)no1. The van der Waals surface area contributed by atoms with Crippen molar-refractivity contribution in [3.05, 3.63) is 39.7 Å². The van der Waals surface area contributed by atoms with Gasteiger partial charge in [-0.25, -0.2) is 4.98 Å².